The van der Waals surface area contributed by atoms with Crippen LogP contribution in [0.15, 0.2) is 24.3 Å². The Morgan fingerprint density at radius 1 is 1.37 bits per heavy atom. The van der Waals surface area contributed by atoms with E-state index in [1.165, 1.54) is 11.3 Å². The van der Waals surface area contributed by atoms with Crippen LogP contribution in [0.4, 0.5) is 10.8 Å². The Bertz CT molecular complexity index is 553. The van der Waals surface area contributed by atoms with Crippen LogP contribution in [-0.2, 0) is 9.53 Å². The molecule has 0 aliphatic rings. The molecule has 3 N–H and O–H groups in total. The second-order valence-electron chi connectivity index (χ2n) is 3.83. The lowest BCUT2D eigenvalue weighted by molar-refractivity contribution is -0.117. The summed E-state index contributed by atoms with van der Waals surface area (Å²) >= 11 is 1.32. The minimum atomic E-state index is -0.137. The van der Waals surface area contributed by atoms with Crippen molar-refractivity contribution in [3.05, 3.63) is 24.3 Å². The van der Waals surface area contributed by atoms with Crippen LogP contribution in [0.1, 0.15) is 6.42 Å². The first-order chi connectivity index (χ1) is 9.19. The van der Waals surface area contributed by atoms with Crippen LogP contribution in [0, 0.1) is 0 Å². The molecule has 2 aromatic rings. The average molecular weight is 278 g/mol. The number of nitrogens with two attached hydrogens (primary N) is 1. The van der Waals surface area contributed by atoms with Gasteiger partial charge in [0.15, 0.2) is 0 Å². The van der Waals surface area contributed by atoms with E-state index < -0.39 is 0 Å². The molecule has 0 fully saturated rings. The Morgan fingerprint density at radius 2 is 2.11 bits per heavy atom. The Labute approximate surface area is 114 Å². The molecule has 1 aromatic heterocycles. The van der Waals surface area contributed by atoms with Crippen LogP contribution in [0.25, 0.3) is 10.6 Å². The summed E-state index contributed by atoms with van der Waals surface area (Å²) in [5.41, 5.74) is 7.24. The van der Waals surface area contributed by atoms with Gasteiger partial charge in [0, 0.05) is 18.4 Å². The van der Waals surface area contributed by atoms with Crippen LogP contribution < -0.4 is 11.1 Å². The van der Waals surface area contributed by atoms with E-state index in [-0.39, 0.29) is 5.91 Å². The van der Waals surface area contributed by atoms with E-state index in [1.54, 1.807) is 19.2 Å². The molecule has 0 spiro atoms. The van der Waals surface area contributed by atoms with Crippen molar-refractivity contribution in [1.29, 1.82) is 0 Å². The summed E-state index contributed by atoms with van der Waals surface area (Å²) in [5, 5.41) is 11.9. The predicted molar refractivity (Wildman–Crippen MR) is 74.9 cm³/mol. The molecule has 7 heteroatoms. The zero-order valence-corrected chi connectivity index (χ0v) is 11.2. The fourth-order valence-corrected chi connectivity index (χ4v) is 2.16. The fourth-order valence-electron chi connectivity index (χ4n) is 1.39. The van der Waals surface area contributed by atoms with Crippen molar-refractivity contribution in [3.63, 3.8) is 0 Å². The van der Waals surface area contributed by atoms with Crippen molar-refractivity contribution in [2.24, 2.45) is 0 Å². The van der Waals surface area contributed by atoms with Gasteiger partial charge in [-0.05, 0) is 24.3 Å². The zero-order valence-electron chi connectivity index (χ0n) is 10.4. The van der Waals surface area contributed by atoms with E-state index in [9.17, 15) is 4.79 Å². The van der Waals surface area contributed by atoms with Crippen LogP contribution in [0.5, 0.6) is 0 Å². The second kappa shape index (κ2) is 6.26. The normalized spacial score (nSPS) is 10.4. The molecule has 0 unspecified atom stereocenters. The number of benzene rings is 1. The maximum absolute atomic E-state index is 11.5. The highest BCUT2D eigenvalue weighted by atomic mass is 32.1. The van der Waals surface area contributed by atoms with Crippen molar-refractivity contribution < 1.29 is 9.53 Å². The Morgan fingerprint density at radius 3 is 2.79 bits per heavy atom. The van der Waals surface area contributed by atoms with Gasteiger partial charge in [-0.1, -0.05) is 11.3 Å². The molecule has 0 atom stereocenters. The lowest BCUT2D eigenvalue weighted by Gasteiger charge is -1.99. The first kappa shape index (κ1) is 13.4. The standard InChI is InChI=1S/C12H14N4O2S/c1-18-7-6-10(17)14-12-16-15-11(19-12)8-2-4-9(13)5-3-8/h2-5H,6-7,13H2,1H3,(H,14,16,17). The lowest BCUT2D eigenvalue weighted by Crippen LogP contribution is -2.13. The van der Waals surface area contributed by atoms with Gasteiger partial charge in [-0.3, -0.25) is 4.79 Å². The minimum Gasteiger partial charge on any atom is -0.399 e. The maximum Gasteiger partial charge on any atom is 0.228 e. The molecular weight excluding hydrogens is 264 g/mol. The lowest BCUT2D eigenvalue weighted by atomic mass is 10.2. The number of nitrogens with one attached hydrogen (secondary N) is 1. The first-order valence-electron chi connectivity index (χ1n) is 5.67. The number of amides is 1. The van der Waals surface area contributed by atoms with Gasteiger partial charge >= 0.3 is 0 Å². The molecule has 100 valence electrons. The van der Waals surface area contributed by atoms with Gasteiger partial charge in [0.25, 0.3) is 0 Å². The fraction of sp³-hybridized carbons (Fsp3) is 0.250. The van der Waals surface area contributed by atoms with Gasteiger partial charge in [0.05, 0.1) is 13.0 Å². The number of aromatic nitrogens is 2. The van der Waals surface area contributed by atoms with Crippen LogP contribution in [0.2, 0.25) is 0 Å². The highest BCUT2D eigenvalue weighted by molar-refractivity contribution is 7.18. The van der Waals surface area contributed by atoms with Crippen molar-refractivity contribution in [2.45, 2.75) is 6.42 Å². The predicted octanol–water partition coefficient (Wildman–Crippen LogP) is 1.76. The van der Waals surface area contributed by atoms with Gasteiger partial charge in [0.1, 0.15) is 5.01 Å². The molecule has 19 heavy (non-hydrogen) atoms. The maximum atomic E-state index is 11.5. The number of hydrogen-bond donors (Lipinski definition) is 2. The van der Waals surface area contributed by atoms with E-state index in [2.05, 4.69) is 15.5 Å². The number of methoxy groups -OCH3 is 1. The van der Waals surface area contributed by atoms with E-state index in [0.29, 0.717) is 23.8 Å². The molecule has 0 saturated carbocycles. The van der Waals surface area contributed by atoms with E-state index in [1.807, 2.05) is 12.1 Å². The van der Waals surface area contributed by atoms with Gasteiger partial charge < -0.3 is 15.8 Å². The van der Waals surface area contributed by atoms with Crippen molar-refractivity contribution in [2.75, 3.05) is 24.8 Å². The molecule has 1 amide bonds. The second-order valence-corrected chi connectivity index (χ2v) is 4.80. The number of anilines is 2. The van der Waals surface area contributed by atoms with Gasteiger partial charge in [0.2, 0.25) is 11.0 Å². The largest absolute Gasteiger partial charge is 0.399 e. The third kappa shape index (κ3) is 3.73. The van der Waals surface area contributed by atoms with Gasteiger partial charge in [-0.15, -0.1) is 10.2 Å². The molecule has 0 aliphatic carbocycles. The molecule has 0 radical (unpaired) electrons. The molecule has 6 nitrogen and oxygen atoms in total. The van der Waals surface area contributed by atoms with Crippen LogP contribution in [0.3, 0.4) is 0 Å². The molecule has 0 bridgehead atoms. The molecule has 0 aliphatic heterocycles. The zero-order chi connectivity index (χ0) is 13.7. The quantitative estimate of drug-likeness (QED) is 0.813. The number of carbonyl (C=O) groups is 1. The minimum absolute atomic E-state index is 0.137. The first-order valence-corrected chi connectivity index (χ1v) is 6.49. The van der Waals surface area contributed by atoms with Crippen molar-refractivity contribution >= 4 is 28.1 Å². The summed E-state index contributed by atoms with van der Waals surface area (Å²) in [6.45, 7) is 0.384. The summed E-state index contributed by atoms with van der Waals surface area (Å²) in [4.78, 5) is 11.5. The van der Waals surface area contributed by atoms with Crippen LogP contribution in [-0.4, -0.2) is 29.8 Å². The van der Waals surface area contributed by atoms with Crippen molar-refractivity contribution in [1.82, 2.24) is 10.2 Å². The number of hydrogen-bond acceptors (Lipinski definition) is 6. The van der Waals surface area contributed by atoms with Gasteiger partial charge in [-0.2, -0.15) is 0 Å². The Kier molecular flexibility index (Phi) is 4.43. The molecule has 0 saturated heterocycles. The number of rotatable bonds is 5. The summed E-state index contributed by atoms with van der Waals surface area (Å²) in [6, 6.07) is 7.33. The van der Waals surface area contributed by atoms with E-state index in [4.69, 9.17) is 10.5 Å². The number of nitrogen functional groups attached to an aromatic ring is 1. The van der Waals surface area contributed by atoms with Crippen molar-refractivity contribution in [3.8, 4) is 10.6 Å². The molecular formula is C12H14N4O2S. The molecule has 2 rings (SSSR count). The SMILES string of the molecule is COCCC(=O)Nc1nnc(-c2ccc(N)cc2)s1. The average Bonchev–Trinajstić information content (AvgIpc) is 2.85. The monoisotopic (exact) mass is 278 g/mol. The van der Waals surface area contributed by atoms with Gasteiger partial charge in [-0.25, -0.2) is 0 Å². The number of ether oxygens (including phenoxy) is 1. The summed E-state index contributed by atoms with van der Waals surface area (Å²) in [6.07, 6.45) is 0.299. The smallest absolute Gasteiger partial charge is 0.228 e. The number of carbonyl (C=O) groups excluding carboxylic acids is 1. The van der Waals surface area contributed by atoms with E-state index >= 15 is 0 Å². The molecule has 1 heterocycles. The summed E-state index contributed by atoms with van der Waals surface area (Å²) in [7, 11) is 1.55. The highest BCUT2D eigenvalue weighted by Gasteiger charge is 2.09. The summed E-state index contributed by atoms with van der Waals surface area (Å²) in [5.74, 6) is -0.137. The molecule has 1 aromatic carbocycles. The number of nitrogens with zero attached hydrogens (tertiary/aromatic N) is 2. The highest BCUT2D eigenvalue weighted by Crippen LogP contribution is 2.26. The Hall–Kier alpha value is -1.99. The van der Waals surface area contributed by atoms with Crippen LogP contribution >= 0.6 is 11.3 Å². The third-order valence-electron chi connectivity index (χ3n) is 2.36. The topological polar surface area (TPSA) is 90.1 Å². The Balaban J connectivity index is 2.02. The third-order valence-corrected chi connectivity index (χ3v) is 3.25. The van der Waals surface area contributed by atoms with E-state index in [0.717, 1.165) is 10.6 Å². The summed E-state index contributed by atoms with van der Waals surface area (Å²) < 4.78 is 4.83.